The van der Waals surface area contributed by atoms with Gasteiger partial charge >= 0.3 is 0 Å². The van der Waals surface area contributed by atoms with Crippen molar-refractivity contribution in [3.05, 3.63) is 23.9 Å². The molecule has 0 spiro atoms. The summed E-state index contributed by atoms with van der Waals surface area (Å²) in [6, 6.07) is 3.69. The van der Waals surface area contributed by atoms with Crippen LogP contribution in [0.1, 0.15) is 44.1 Å². The SMILES string of the molecule is CN(C)C1(C(=O)Cc2ccnc(N)c2)CCCCCC1. The summed E-state index contributed by atoms with van der Waals surface area (Å²) in [6.45, 7) is 0. The summed E-state index contributed by atoms with van der Waals surface area (Å²) >= 11 is 0. The van der Waals surface area contributed by atoms with Crippen LogP contribution in [0, 0.1) is 0 Å². The Morgan fingerprint density at radius 2 is 1.95 bits per heavy atom. The van der Waals surface area contributed by atoms with Crippen LogP contribution in [-0.2, 0) is 11.2 Å². The van der Waals surface area contributed by atoms with Crippen molar-refractivity contribution in [2.24, 2.45) is 0 Å². The Balaban J connectivity index is 2.18. The first kappa shape index (κ1) is 15.0. The molecule has 1 aliphatic rings. The molecule has 0 radical (unpaired) electrons. The Kier molecular flexibility index (Phi) is 4.76. The van der Waals surface area contributed by atoms with E-state index in [2.05, 4.69) is 9.88 Å². The zero-order valence-corrected chi connectivity index (χ0v) is 12.6. The highest BCUT2D eigenvalue weighted by Gasteiger charge is 2.39. The van der Waals surface area contributed by atoms with Crippen LogP contribution in [0.15, 0.2) is 18.3 Å². The van der Waals surface area contributed by atoms with E-state index in [0.717, 1.165) is 31.2 Å². The molecule has 0 aromatic carbocycles. The Morgan fingerprint density at radius 3 is 2.50 bits per heavy atom. The monoisotopic (exact) mass is 275 g/mol. The molecule has 0 bridgehead atoms. The predicted octanol–water partition coefficient (Wildman–Crippen LogP) is 2.43. The molecule has 4 heteroatoms. The molecular weight excluding hydrogens is 250 g/mol. The molecule has 0 saturated heterocycles. The third kappa shape index (κ3) is 3.18. The van der Waals surface area contributed by atoms with E-state index in [-0.39, 0.29) is 5.54 Å². The smallest absolute Gasteiger partial charge is 0.157 e. The lowest BCUT2D eigenvalue weighted by atomic mass is 9.82. The van der Waals surface area contributed by atoms with Crippen LogP contribution in [0.5, 0.6) is 0 Å². The van der Waals surface area contributed by atoms with Gasteiger partial charge in [0.25, 0.3) is 0 Å². The average molecular weight is 275 g/mol. The zero-order valence-electron chi connectivity index (χ0n) is 12.6. The summed E-state index contributed by atoms with van der Waals surface area (Å²) in [5, 5.41) is 0. The Morgan fingerprint density at radius 1 is 1.30 bits per heavy atom. The number of pyridine rings is 1. The molecule has 2 rings (SSSR count). The predicted molar refractivity (Wildman–Crippen MR) is 81.5 cm³/mol. The third-order valence-corrected chi connectivity index (χ3v) is 4.52. The molecule has 1 aromatic heterocycles. The molecule has 0 amide bonds. The van der Waals surface area contributed by atoms with Crippen molar-refractivity contribution in [2.75, 3.05) is 19.8 Å². The summed E-state index contributed by atoms with van der Waals surface area (Å²) in [7, 11) is 4.06. The zero-order chi connectivity index (χ0) is 14.6. The Bertz CT molecular complexity index is 463. The number of nitrogen functional groups attached to an aromatic ring is 1. The minimum atomic E-state index is -0.297. The van der Waals surface area contributed by atoms with E-state index in [1.54, 1.807) is 12.3 Å². The molecule has 0 atom stereocenters. The lowest BCUT2D eigenvalue weighted by molar-refractivity contribution is -0.130. The first-order valence-corrected chi connectivity index (χ1v) is 7.46. The second kappa shape index (κ2) is 6.35. The number of hydrogen-bond acceptors (Lipinski definition) is 4. The topological polar surface area (TPSA) is 59.2 Å². The normalized spacial score (nSPS) is 18.8. The number of aromatic nitrogens is 1. The number of nitrogens with zero attached hydrogens (tertiary/aromatic N) is 2. The van der Waals surface area contributed by atoms with E-state index in [1.807, 2.05) is 20.2 Å². The van der Waals surface area contributed by atoms with Gasteiger partial charge in [0.2, 0.25) is 0 Å². The number of anilines is 1. The molecule has 1 aliphatic carbocycles. The van der Waals surface area contributed by atoms with Gasteiger partial charge in [-0.1, -0.05) is 25.7 Å². The number of rotatable bonds is 4. The van der Waals surface area contributed by atoms with Crippen LogP contribution in [0.2, 0.25) is 0 Å². The number of Topliss-reactive ketones (excluding diaryl/α,β-unsaturated/α-hetero) is 1. The molecule has 20 heavy (non-hydrogen) atoms. The molecule has 1 aromatic rings. The van der Waals surface area contributed by atoms with Crippen LogP contribution in [0.4, 0.5) is 5.82 Å². The van der Waals surface area contributed by atoms with Crippen LogP contribution in [-0.4, -0.2) is 35.3 Å². The lowest BCUT2D eigenvalue weighted by Gasteiger charge is -2.38. The number of likely N-dealkylation sites (N-methyl/N-ethyl adjacent to an activating group) is 1. The van der Waals surface area contributed by atoms with E-state index in [0.29, 0.717) is 18.0 Å². The fraction of sp³-hybridized carbons (Fsp3) is 0.625. The fourth-order valence-electron chi connectivity index (χ4n) is 3.24. The fourth-order valence-corrected chi connectivity index (χ4v) is 3.24. The highest BCUT2D eigenvalue weighted by atomic mass is 16.1. The maximum absolute atomic E-state index is 12.9. The van der Waals surface area contributed by atoms with Gasteiger partial charge in [-0.15, -0.1) is 0 Å². The Labute approximate surface area is 121 Å². The summed E-state index contributed by atoms with van der Waals surface area (Å²) in [5.41, 5.74) is 6.37. The molecule has 1 heterocycles. The number of carbonyl (C=O) groups excluding carboxylic acids is 1. The van der Waals surface area contributed by atoms with Gasteiger partial charge in [-0.3, -0.25) is 9.69 Å². The third-order valence-electron chi connectivity index (χ3n) is 4.52. The summed E-state index contributed by atoms with van der Waals surface area (Å²) in [6.07, 6.45) is 8.83. The van der Waals surface area contributed by atoms with Crippen LogP contribution in [0.3, 0.4) is 0 Å². The second-order valence-corrected chi connectivity index (χ2v) is 6.03. The van der Waals surface area contributed by atoms with Crippen molar-refractivity contribution >= 4 is 11.6 Å². The van der Waals surface area contributed by atoms with Crippen LogP contribution in [0.25, 0.3) is 0 Å². The van der Waals surface area contributed by atoms with E-state index < -0.39 is 0 Å². The largest absolute Gasteiger partial charge is 0.384 e. The van der Waals surface area contributed by atoms with E-state index in [9.17, 15) is 4.79 Å². The molecule has 0 aliphatic heterocycles. The van der Waals surface area contributed by atoms with Gasteiger partial charge in [0, 0.05) is 12.6 Å². The molecule has 1 fully saturated rings. The number of carbonyl (C=O) groups is 1. The minimum Gasteiger partial charge on any atom is -0.384 e. The number of ketones is 1. The van der Waals surface area contributed by atoms with Gasteiger partial charge in [-0.2, -0.15) is 0 Å². The standard InChI is InChI=1S/C16H25N3O/c1-19(2)16(8-5-3-4-6-9-16)14(20)11-13-7-10-18-15(17)12-13/h7,10,12H,3-6,8-9,11H2,1-2H3,(H2,17,18). The van der Waals surface area contributed by atoms with E-state index in [1.165, 1.54) is 12.8 Å². The number of hydrogen-bond donors (Lipinski definition) is 1. The minimum absolute atomic E-state index is 0.297. The van der Waals surface area contributed by atoms with Gasteiger partial charge < -0.3 is 5.73 Å². The van der Waals surface area contributed by atoms with Gasteiger partial charge in [-0.25, -0.2) is 4.98 Å². The quantitative estimate of drug-likeness (QED) is 0.857. The van der Waals surface area contributed by atoms with Crippen LogP contribution >= 0.6 is 0 Å². The summed E-state index contributed by atoms with van der Waals surface area (Å²) < 4.78 is 0. The molecule has 4 nitrogen and oxygen atoms in total. The molecule has 0 unspecified atom stereocenters. The van der Waals surface area contributed by atoms with Crippen molar-refractivity contribution in [1.82, 2.24) is 9.88 Å². The van der Waals surface area contributed by atoms with Gasteiger partial charge in [0.15, 0.2) is 5.78 Å². The van der Waals surface area contributed by atoms with Gasteiger partial charge in [0.1, 0.15) is 5.82 Å². The van der Waals surface area contributed by atoms with Crippen molar-refractivity contribution in [2.45, 2.75) is 50.5 Å². The molecule has 110 valence electrons. The van der Waals surface area contributed by atoms with E-state index in [4.69, 9.17) is 5.73 Å². The average Bonchev–Trinajstić information content (AvgIpc) is 2.65. The summed E-state index contributed by atoms with van der Waals surface area (Å²) in [4.78, 5) is 19.0. The first-order chi connectivity index (χ1) is 9.54. The Hall–Kier alpha value is -1.42. The molecule has 2 N–H and O–H groups in total. The van der Waals surface area contributed by atoms with Crippen molar-refractivity contribution < 1.29 is 4.79 Å². The van der Waals surface area contributed by atoms with Crippen molar-refractivity contribution in [3.63, 3.8) is 0 Å². The highest BCUT2D eigenvalue weighted by Crippen LogP contribution is 2.33. The van der Waals surface area contributed by atoms with Crippen LogP contribution < -0.4 is 5.73 Å². The maximum Gasteiger partial charge on any atom is 0.157 e. The van der Waals surface area contributed by atoms with Gasteiger partial charge in [-0.05, 0) is 44.6 Å². The second-order valence-electron chi connectivity index (χ2n) is 6.03. The summed E-state index contributed by atoms with van der Waals surface area (Å²) in [5.74, 6) is 0.796. The van der Waals surface area contributed by atoms with Crippen molar-refractivity contribution in [3.8, 4) is 0 Å². The first-order valence-electron chi connectivity index (χ1n) is 7.46. The highest BCUT2D eigenvalue weighted by molar-refractivity contribution is 5.90. The maximum atomic E-state index is 12.9. The molecular formula is C16H25N3O. The van der Waals surface area contributed by atoms with Gasteiger partial charge in [0.05, 0.1) is 5.54 Å². The lowest BCUT2D eigenvalue weighted by Crippen LogP contribution is -2.51. The molecule has 1 saturated carbocycles. The van der Waals surface area contributed by atoms with Crippen molar-refractivity contribution in [1.29, 1.82) is 0 Å². The van der Waals surface area contributed by atoms with E-state index >= 15 is 0 Å². The number of nitrogens with two attached hydrogens (primary N) is 1.